The largest absolute Gasteiger partial charge is 0.396 e. The zero-order chi connectivity index (χ0) is 8.69. The lowest BCUT2D eigenvalue weighted by Gasteiger charge is -1.89. The SMILES string of the molecule is Nc1ccccc1F.O=C=O. The van der Waals surface area contributed by atoms with Gasteiger partial charge in [0.25, 0.3) is 0 Å². The zero-order valence-electron chi connectivity index (χ0n) is 5.58. The first kappa shape index (κ1) is 9.33. The number of para-hydroxylation sites is 1. The molecule has 0 radical (unpaired) electrons. The van der Waals surface area contributed by atoms with Gasteiger partial charge in [-0.3, -0.25) is 0 Å². The maximum atomic E-state index is 12.2. The van der Waals surface area contributed by atoms with Gasteiger partial charge in [0.15, 0.2) is 0 Å². The number of halogens is 1. The number of hydrogen-bond acceptors (Lipinski definition) is 3. The van der Waals surface area contributed by atoms with Crippen LogP contribution in [0.2, 0.25) is 0 Å². The number of benzene rings is 1. The lowest BCUT2D eigenvalue weighted by molar-refractivity contribution is -0.191. The molecule has 0 saturated carbocycles. The van der Waals surface area contributed by atoms with Crippen molar-refractivity contribution in [3.05, 3.63) is 30.1 Å². The normalized spacial score (nSPS) is 7.36. The Labute approximate surface area is 62.6 Å². The number of rotatable bonds is 0. The minimum atomic E-state index is -0.354. The number of hydrogen-bond donors (Lipinski definition) is 1. The maximum absolute atomic E-state index is 12.2. The Morgan fingerprint density at radius 3 is 2.00 bits per heavy atom. The second-order valence-electron chi connectivity index (χ2n) is 1.60. The van der Waals surface area contributed by atoms with Crippen molar-refractivity contribution in [3.8, 4) is 0 Å². The topological polar surface area (TPSA) is 60.2 Å². The van der Waals surface area contributed by atoms with E-state index in [0.29, 0.717) is 0 Å². The van der Waals surface area contributed by atoms with Crippen LogP contribution in [-0.2, 0) is 9.59 Å². The highest BCUT2D eigenvalue weighted by molar-refractivity contribution is 5.38. The molecule has 4 heteroatoms. The second kappa shape index (κ2) is 5.14. The summed E-state index contributed by atoms with van der Waals surface area (Å²) in [5.74, 6) is -0.354. The Morgan fingerprint density at radius 2 is 1.73 bits per heavy atom. The fourth-order valence-electron chi connectivity index (χ4n) is 0.475. The Balaban J connectivity index is 0.000000292. The molecule has 0 unspecified atom stereocenters. The third-order valence-electron chi connectivity index (χ3n) is 0.905. The average molecular weight is 155 g/mol. The van der Waals surface area contributed by atoms with E-state index in [0.717, 1.165) is 0 Å². The van der Waals surface area contributed by atoms with Gasteiger partial charge in [0.1, 0.15) is 5.82 Å². The van der Waals surface area contributed by atoms with Gasteiger partial charge in [-0.05, 0) is 12.1 Å². The first-order valence-electron chi connectivity index (χ1n) is 2.71. The molecule has 0 fully saturated rings. The second-order valence-corrected chi connectivity index (χ2v) is 1.60. The molecule has 3 nitrogen and oxygen atoms in total. The molecule has 0 amide bonds. The fraction of sp³-hybridized carbons (Fsp3) is 0. The van der Waals surface area contributed by atoms with Gasteiger partial charge in [-0.25, -0.2) is 4.39 Å². The van der Waals surface area contributed by atoms with Gasteiger partial charge in [-0.1, -0.05) is 12.1 Å². The van der Waals surface area contributed by atoms with E-state index in [9.17, 15) is 4.39 Å². The molecule has 0 aromatic heterocycles. The standard InChI is InChI=1S/C6H6FN.CO2/c7-5-3-1-2-4-6(5)8;2-1-3/h1-4H,8H2;. The number of anilines is 1. The van der Waals surface area contributed by atoms with Crippen molar-refractivity contribution in [2.45, 2.75) is 0 Å². The first-order chi connectivity index (χ1) is 5.22. The van der Waals surface area contributed by atoms with Crippen LogP contribution < -0.4 is 5.73 Å². The third kappa shape index (κ3) is 3.83. The summed E-state index contributed by atoms with van der Waals surface area (Å²) in [6.07, 6.45) is 0.250. The highest BCUT2D eigenvalue weighted by Gasteiger charge is 1.89. The average Bonchev–Trinajstić information content (AvgIpc) is 1.97. The van der Waals surface area contributed by atoms with E-state index in [1.807, 2.05) is 0 Å². The molecule has 0 spiro atoms. The quantitative estimate of drug-likeness (QED) is 0.564. The number of nitrogens with two attached hydrogens (primary N) is 1. The molecular weight excluding hydrogens is 149 g/mol. The Morgan fingerprint density at radius 1 is 1.27 bits per heavy atom. The molecule has 1 rings (SSSR count). The summed E-state index contributed by atoms with van der Waals surface area (Å²) < 4.78 is 12.2. The van der Waals surface area contributed by atoms with Crippen LogP contribution in [0.5, 0.6) is 0 Å². The Kier molecular flexibility index (Phi) is 4.36. The van der Waals surface area contributed by atoms with Crippen molar-refractivity contribution in [2.24, 2.45) is 0 Å². The highest BCUT2D eigenvalue weighted by atomic mass is 19.1. The van der Waals surface area contributed by atoms with Crippen LogP contribution in [0.4, 0.5) is 10.1 Å². The molecule has 0 saturated heterocycles. The van der Waals surface area contributed by atoms with Crippen molar-refractivity contribution in [2.75, 3.05) is 5.73 Å². The lowest BCUT2D eigenvalue weighted by atomic mass is 10.3. The van der Waals surface area contributed by atoms with Gasteiger partial charge < -0.3 is 5.73 Å². The minimum absolute atomic E-state index is 0.201. The van der Waals surface area contributed by atoms with Gasteiger partial charge in [0.2, 0.25) is 0 Å². The zero-order valence-corrected chi connectivity index (χ0v) is 5.58. The van der Waals surface area contributed by atoms with Gasteiger partial charge >= 0.3 is 6.15 Å². The predicted octanol–water partition coefficient (Wildman–Crippen LogP) is 0.824. The molecule has 0 bridgehead atoms. The minimum Gasteiger partial charge on any atom is -0.396 e. The van der Waals surface area contributed by atoms with E-state index in [1.54, 1.807) is 12.1 Å². The highest BCUT2D eigenvalue weighted by Crippen LogP contribution is 2.05. The van der Waals surface area contributed by atoms with Crippen molar-refractivity contribution in [1.29, 1.82) is 0 Å². The lowest BCUT2D eigenvalue weighted by Crippen LogP contribution is -1.86. The summed E-state index contributed by atoms with van der Waals surface area (Å²) in [6, 6.07) is 6.15. The van der Waals surface area contributed by atoms with E-state index in [-0.39, 0.29) is 17.7 Å². The van der Waals surface area contributed by atoms with E-state index in [2.05, 4.69) is 0 Å². The van der Waals surface area contributed by atoms with E-state index in [4.69, 9.17) is 15.3 Å². The van der Waals surface area contributed by atoms with Crippen molar-refractivity contribution < 1.29 is 14.0 Å². The van der Waals surface area contributed by atoms with Gasteiger partial charge in [0, 0.05) is 0 Å². The van der Waals surface area contributed by atoms with Crippen LogP contribution >= 0.6 is 0 Å². The van der Waals surface area contributed by atoms with Crippen LogP contribution in [-0.4, -0.2) is 6.15 Å². The van der Waals surface area contributed by atoms with Crippen molar-refractivity contribution >= 4 is 11.8 Å². The first-order valence-corrected chi connectivity index (χ1v) is 2.71. The van der Waals surface area contributed by atoms with Gasteiger partial charge in [0.05, 0.1) is 5.69 Å². The van der Waals surface area contributed by atoms with Crippen LogP contribution in [0, 0.1) is 5.82 Å². The molecule has 0 aliphatic carbocycles. The fourth-order valence-corrected chi connectivity index (χ4v) is 0.475. The number of nitrogen functional groups attached to an aromatic ring is 1. The summed E-state index contributed by atoms with van der Waals surface area (Å²) >= 11 is 0. The Bertz CT molecular complexity index is 235. The molecule has 0 atom stereocenters. The van der Waals surface area contributed by atoms with Crippen LogP contribution in [0.15, 0.2) is 24.3 Å². The molecule has 1 aromatic carbocycles. The monoisotopic (exact) mass is 155 g/mol. The van der Waals surface area contributed by atoms with Crippen LogP contribution in [0.3, 0.4) is 0 Å². The molecule has 0 aliphatic heterocycles. The Hall–Kier alpha value is -1.67. The summed E-state index contributed by atoms with van der Waals surface area (Å²) in [6.45, 7) is 0. The maximum Gasteiger partial charge on any atom is 0.373 e. The van der Waals surface area contributed by atoms with E-state index in [1.165, 1.54) is 12.1 Å². The molecule has 2 N–H and O–H groups in total. The van der Waals surface area contributed by atoms with Gasteiger partial charge in [-0.2, -0.15) is 9.59 Å². The number of carbonyl (C=O) groups excluding carboxylic acids is 2. The molecule has 58 valence electrons. The molecule has 0 heterocycles. The van der Waals surface area contributed by atoms with E-state index < -0.39 is 0 Å². The summed E-state index contributed by atoms with van der Waals surface area (Å²) in [5, 5.41) is 0. The summed E-state index contributed by atoms with van der Waals surface area (Å²) in [5.41, 5.74) is 5.35. The van der Waals surface area contributed by atoms with Gasteiger partial charge in [-0.15, -0.1) is 0 Å². The van der Waals surface area contributed by atoms with Crippen molar-refractivity contribution in [3.63, 3.8) is 0 Å². The molecular formula is C7H6FNO2. The third-order valence-corrected chi connectivity index (χ3v) is 0.905. The summed E-state index contributed by atoms with van der Waals surface area (Å²) in [7, 11) is 0. The smallest absolute Gasteiger partial charge is 0.373 e. The van der Waals surface area contributed by atoms with Crippen LogP contribution in [0.1, 0.15) is 0 Å². The molecule has 0 aliphatic rings. The summed E-state index contributed by atoms with van der Waals surface area (Å²) in [4.78, 5) is 16.2. The van der Waals surface area contributed by atoms with E-state index >= 15 is 0 Å². The predicted molar refractivity (Wildman–Crippen MR) is 35.8 cm³/mol. The molecule has 11 heavy (non-hydrogen) atoms. The van der Waals surface area contributed by atoms with Crippen molar-refractivity contribution in [1.82, 2.24) is 0 Å². The van der Waals surface area contributed by atoms with Crippen LogP contribution in [0.25, 0.3) is 0 Å². The molecule has 1 aromatic rings.